The molecule has 6 rings (SSSR count). The number of imidazole rings is 1. The lowest BCUT2D eigenvalue weighted by atomic mass is 9.86. The zero-order valence-corrected chi connectivity index (χ0v) is 20.9. The van der Waals surface area contributed by atoms with Crippen LogP contribution in [0.4, 0.5) is 13.6 Å². The molecule has 4 aromatic rings. The number of hydrogen-bond donors (Lipinski definition) is 1. The molecule has 0 spiro atoms. The van der Waals surface area contributed by atoms with Crippen molar-refractivity contribution in [3.8, 4) is 22.6 Å². The molecule has 4 heterocycles. The van der Waals surface area contributed by atoms with E-state index >= 15 is 0 Å². The average molecular weight is 506 g/mol. The van der Waals surface area contributed by atoms with Gasteiger partial charge in [0.15, 0.2) is 0 Å². The fraction of sp³-hybridized carbons (Fsp3) is 0.407. The summed E-state index contributed by atoms with van der Waals surface area (Å²) in [5, 5.41) is 9.13. The van der Waals surface area contributed by atoms with Gasteiger partial charge in [-0.2, -0.15) is 5.10 Å². The Labute approximate surface area is 213 Å². The van der Waals surface area contributed by atoms with Crippen molar-refractivity contribution in [1.29, 1.82) is 0 Å². The Balaban J connectivity index is 1.45. The molecule has 0 unspecified atom stereocenters. The minimum atomic E-state index is -2.60. The van der Waals surface area contributed by atoms with Gasteiger partial charge in [-0.1, -0.05) is 18.2 Å². The first kappa shape index (κ1) is 23.6. The highest BCUT2D eigenvalue weighted by Crippen LogP contribution is 2.43. The minimum Gasteiger partial charge on any atom is -0.341 e. The topological polar surface area (TPSA) is 80.9 Å². The molecule has 1 aromatic carbocycles. The highest BCUT2D eigenvalue weighted by atomic mass is 19.3. The van der Waals surface area contributed by atoms with Crippen LogP contribution in [0.25, 0.3) is 33.4 Å². The number of fused-ring (bicyclic) bond motifs is 2. The molecule has 0 radical (unpaired) electrons. The van der Waals surface area contributed by atoms with E-state index in [1.54, 1.807) is 16.6 Å². The van der Waals surface area contributed by atoms with Crippen LogP contribution < -0.4 is 5.32 Å². The Morgan fingerprint density at radius 1 is 1.14 bits per heavy atom. The molecule has 1 saturated carbocycles. The zero-order valence-electron chi connectivity index (χ0n) is 20.9. The quantitative estimate of drug-likeness (QED) is 0.427. The molecule has 1 aliphatic carbocycles. The summed E-state index contributed by atoms with van der Waals surface area (Å²) in [6, 6.07) is 9.85. The normalized spacial score (nSPS) is 17.7. The number of halogens is 2. The third-order valence-electron chi connectivity index (χ3n) is 7.62. The summed E-state index contributed by atoms with van der Waals surface area (Å²) in [5.41, 5.74) is 4.23. The number of alkyl halides is 2. The van der Waals surface area contributed by atoms with E-state index in [1.165, 1.54) is 0 Å². The molecule has 10 heteroatoms. The Hall–Kier alpha value is -3.82. The number of rotatable bonds is 3. The minimum absolute atomic E-state index is 0.0254. The Morgan fingerprint density at radius 3 is 2.68 bits per heavy atom. The predicted molar refractivity (Wildman–Crippen MR) is 136 cm³/mol. The lowest BCUT2D eigenvalue weighted by molar-refractivity contribution is -0.0390. The average Bonchev–Trinajstić information content (AvgIpc) is 3.51. The Morgan fingerprint density at radius 2 is 1.95 bits per heavy atom. The maximum atomic E-state index is 13.9. The first-order valence-corrected chi connectivity index (χ1v) is 12.7. The van der Waals surface area contributed by atoms with Gasteiger partial charge < -0.3 is 14.8 Å². The maximum Gasteiger partial charge on any atom is 0.317 e. The number of carbonyl (C=O) groups is 1. The highest BCUT2D eigenvalue weighted by Gasteiger charge is 2.38. The van der Waals surface area contributed by atoms with Gasteiger partial charge in [0.1, 0.15) is 11.5 Å². The van der Waals surface area contributed by atoms with Crippen LogP contribution in [0, 0.1) is 0 Å². The third kappa shape index (κ3) is 4.24. The zero-order chi connectivity index (χ0) is 25.7. The standard InChI is InChI=1S/C27H29F2N7O/c1-30-26(37)35-12-13-36-23(16-35)24(32-25(36)17-6-9-27(28,29)10-7-17)19-5-3-4-18-14-22(31-15-20(18)19)21-8-11-34(2)33-21/h3-5,8,11,14-15,17H,6-7,9-10,12-13,16H2,1-2H3,(H,30,37). The van der Waals surface area contributed by atoms with Gasteiger partial charge >= 0.3 is 6.03 Å². The van der Waals surface area contributed by atoms with Crippen LogP contribution in [0.3, 0.4) is 0 Å². The number of urea groups is 1. The molecule has 1 N–H and O–H groups in total. The largest absolute Gasteiger partial charge is 0.341 e. The first-order valence-electron chi connectivity index (χ1n) is 12.7. The maximum absolute atomic E-state index is 13.9. The number of nitrogens with one attached hydrogen (secondary N) is 1. The van der Waals surface area contributed by atoms with Gasteiger partial charge in [-0.25, -0.2) is 18.6 Å². The molecule has 2 amide bonds. The molecule has 37 heavy (non-hydrogen) atoms. The summed E-state index contributed by atoms with van der Waals surface area (Å²) < 4.78 is 31.8. The van der Waals surface area contributed by atoms with Gasteiger partial charge in [0.05, 0.1) is 23.6 Å². The van der Waals surface area contributed by atoms with Gasteiger partial charge in [0.2, 0.25) is 5.92 Å². The fourth-order valence-corrected chi connectivity index (χ4v) is 5.62. The van der Waals surface area contributed by atoms with E-state index in [0.717, 1.165) is 44.9 Å². The van der Waals surface area contributed by atoms with Crippen LogP contribution in [-0.4, -0.2) is 54.8 Å². The van der Waals surface area contributed by atoms with Crippen molar-refractivity contribution >= 4 is 16.8 Å². The molecule has 2 aliphatic rings. The van der Waals surface area contributed by atoms with E-state index in [0.29, 0.717) is 32.5 Å². The van der Waals surface area contributed by atoms with E-state index in [2.05, 4.69) is 20.0 Å². The molecule has 0 bridgehead atoms. The van der Waals surface area contributed by atoms with Crippen molar-refractivity contribution in [3.63, 3.8) is 0 Å². The van der Waals surface area contributed by atoms with Crippen molar-refractivity contribution < 1.29 is 13.6 Å². The Bertz CT molecular complexity index is 1480. The summed E-state index contributed by atoms with van der Waals surface area (Å²) in [5.74, 6) is -1.77. The van der Waals surface area contributed by atoms with Crippen LogP contribution in [0.5, 0.6) is 0 Å². The van der Waals surface area contributed by atoms with E-state index in [-0.39, 0.29) is 24.8 Å². The van der Waals surface area contributed by atoms with Crippen LogP contribution in [0.1, 0.15) is 43.1 Å². The van der Waals surface area contributed by atoms with Crippen LogP contribution in [0.2, 0.25) is 0 Å². The molecule has 0 saturated heterocycles. The summed E-state index contributed by atoms with van der Waals surface area (Å²) >= 11 is 0. The SMILES string of the molecule is CNC(=O)N1CCn2c(C3CCC(F)(F)CC3)nc(-c3cccc4cc(-c5ccn(C)n5)ncc34)c2C1. The number of aryl methyl sites for hydroxylation is 1. The van der Waals surface area contributed by atoms with E-state index in [9.17, 15) is 13.6 Å². The number of amides is 2. The van der Waals surface area contributed by atoms with Gasteiger partial charge in [-0.3, -0.25) is 9.67 Å². The van der Waals surface area contributed by atoms with Crippen LogP contribution >= 0.6 is 0 Å². The second kappa shape index (κ2) is 8.93. The van der Waals surface area contributed by atoms with Crippen molar-refractivity contribution in [2.24, 2.45) is 7.05 Å². The summed E-state index contributed by atoms with van der Waals surface area (Å²) in [6.07, 6.45) is 4.32. The van der Waals surface area contributed by atoms with Crippen molar-refractivity contribution in [1.82, 2.24) is 34.5 Å². The van der Waals surface area contributed by atoms with Gasteiger partial charge in [-0.05, 0) is 30.4 Å². The molecule has 3 aromatic heterocycles. The smallest absolute Gasteiger partial charge is 0.317 e. The lowest BCUT2D eigenvalue weighted by Gasteiger charge is -2.32. The number of carbonyl (C=O) groups excluding carboxylic acids is 1. The van der Waals surface area contributed by atoms with Crippen molar-refractivity contribution in [2.75, 3.05) is 13.6 Å². The fourth-order valence-electron chi connectivity index (χ4n) is 5.62. The molecule has 0 atom stereocenters. The molecule has 1 fully saturated rings. The van der Waals surface area contributed by atoms with Crippen LogP contribution in [-0.2, 0) is 20.1 Å². The van der Waals surface area contributed by atoms with Crippen LogP contribution in [0.15, 0.2) is 42.7 Å². The molecule has 192 valence electrons. The Kier molecular flexibility index (Phi) is 5.69. The highest BCUT2D eigenvalue weighted by molar-refractivity contribution is 5.97. The third-order valence-corrected chi connectivity index (χ3v) is 7.62. The van der Waals surface area contributed by atoms with E-state index in [4.69, 9.17) is 4.98 Å². The number of aromatic nitrogens is 5. The number of benzene rings is 1. The van der Waals surface area contributed by atoms with Gasteiger partial charge in [0.25, 0.3) is 0 Å². The second-order valence-corrected chi connectivity index (χ2v) is 9.99. The van der Waals surface area contributed by atoms with Crippen molar-refractivity contribution in [2.45, 2.75) is 50.6 Å². The summed E-state index contributed by atoms with van der Waals surface area (Å²) in [4.78, 5) is 24.0. The summed E-state index contributed by atoms with van der Waals surface area (Å²) in [7, 11) is 3.50. The second-order valence-electron chi connectivity index (χ2n) is 9.99. The van der Waals surface area contributed by atoms with E-state index < -0.39 is 5.92 Å². The number of hydrogen-bond acceptors (Lipinski definition) is 4. The summed E-state index contributed by atoms with van der Waals surface area (Å²) in [6.45, 7) is 1.54. The monoisotopic (exact) mass is 505 g/mol. The van der Waals surface area contributed by atoms with Crippen molar-refractivity contribution in [3.05, 3.63) is 54.2 Å². The lowest BCUT2D eigenvalue weighted by Crippen LogP contribution is -2.43. The molecule has 8 nitrogen and oxygen atoms in total. The first-order chi connectivity index (χ1) is 17.8. The number of pyridine rings is 1. The number of nitrogens with zero attached hydrogens (tertiary/aromatic N) is 6. The predicted octanol–water partition coefficient (Wildman–Crippen LogP) is 4.95. The molecular formula is C27H29F2N7O. The molecular weight excluding hydrogens is 476 g/mol. The van der Waals surface area contributed by atoms with Gasteiger partial charge in [0, 0.05) is 69.3 Å². The van der Waals surface area contributed by atoms with Gasteiger partial charge in [-0.15, -0.1) is 0 Å². The molecule has 1 aliphatic heterocycles. The van der Waals surface area contributed by atoms with E-state index in [1.807, 2.05) is 49.8 Å².